The van der Waals surface area contributed by atoms with E-state index >= 15 is 0 Å². The Morgan fingerprint density at radius 2 is 1.31 bits per heavy atom. The quantitative estimate of drug-likeness (QED) is 0.559. The van der Waals surface area contributed by atoms with Crippen molar-refractivity contribution < 1.29 is 22.7 Å². The second-order valence-corrected chi connectivity index (χ2v) is 4.47. The first kappa shape index (κ1) is 22.1. The molecule has 0 saturated carbocycles. The summed E-state index contributed by atoms with van der Waals surface area (Å²) in [5.74, 6) is -2.64. The van der Waals surface area contributed by atoms with Gasteiger partial charge >= 0.3 is 12.1 Å². The predicted molar refractivity (Wildman–Crippen MR) is 86.6 cm³/mol. The summed E-state index contributed by atoms with van der Waals surface area (Å²) in [5, 5.41) is 0. The van der Waals surface area contributed by atoms with E-state index in [0.717, 1.165) is 6.08 Å². The second-order valence-electron chi connectivity index (χ2n) is 4.47. The number of ether oxygens (including phenoxy) is 1. The lowest BCUT2D eigenvalue weighted by atomic mass is 10.1. The van der Waals surface area contributed by atoms with Crippen molar-refractivity contribution in [3.63, 3.8) is 0 Å². The topological polar surface area (TPSA) is 26.3 Å². The van der Waals surface area contributed by atoms with Crippen molar-refractivity contribution >= 4 is 5.97 Å². The third kappa shape index (κ3) is 11.7. The third-order valence-corrected chi connectivity index (χ3v) is 2.16. The molecule has 0 bridgehead atoms. The van der Waals surface area contributed by atoms with Crippen molar-refractivity contribution in [2.75, 3.05) is 0 Å². The smallest absolute Gasteiger partial charge is 0.451 e. The van der Waals surface area contributed by atoms with Crippen LogP contribution in [0.15, 0.2) is 87.2 Å². The lowest BCUT2D eigenvalue weighted by molar-refractivity contribution is -0.204. The van der Waals surface area contributed by atoms with Crippen molar-refractivity contribution in [3.05, 3.63) is 87.2 Å². The van der Waals surface area contributed by atoms with Crippen molar-refractivity contribution in [1.82, 2.24) is 0 Å². The summed E-state index contributed by atoms with van der Waals surface area (Å²) in [5.41, 5.74) is 31.1. The fourth-order valence-corrected chi connectivity index (χ4v) is 1.04. The van der Waals surface area contributed by atoms with Gasteiger partial charge in [-0.2, -0.15) is 13.2 Å². The maximum absolute atomic E-state index is 12.2. The van der Waals surface area contributed by atoms with Gasteiger partial charge in [-0.05, 0) is 75.5 Å². The zero-order valence-corrected chi connectivity index (χ0v) is 13.9. The molecular weight excluding hydrogens is 341 g/mol. The monoisotopic (exact) mass is 352 g/mol. The summed E-state index contributed by atoms with van der Waals surface area (Å²) in [7, 11) is 0. The minimum atomic E-state index is -5.05. The molecule has 0 aromatic heterocycles. The van der Waals surface area contributed by atoms with Crippen LogP contribution >= 0.6 is 0 Å². The normalized spacial score (nSPS) is 9.00. The Hall–Kier alpha value is -3.86. The van der Waals surface area contributed by atoms with Gasteiger partial charge in [-0.15, -0.1) is 0 Å². The number of carbonyl (C=O) groups excluding carboxylic acids is 1. The molecule has 0 saturated heterocycles. The van der Waals surface area contributed by atoms with Crippen LogP contribution in [-0.2, 0) is 9.53 Å². The van der Waals surface area contributed by atoms with E-state index < -0.39 is 18.2 Å². The molecule has 0 rings (SSSR count). The van der Waals surface area contributed by atoms with Gasteiger partial charge in [-0.1, -0.05) is 25.3 Å². The van der Waals surface area contributed by atoms with Crippen LogP contribution in [0.5, 0.6) is 0 Å². The zero-order valence-electron chi connectivity index (χ0n) is 13.9. The van der Waals surface area contributed by atoms with Crippen LogP contribution in [-0.4, -0.2) is 18.2 Å². The average Bonchev–Trinajstić information content (AvgIpc) is 2.56. The number of hydrogen-bond acceptors (Lipinski definition) is 2. The largest absolute Gasteiger partial charge is 0.490 e. The van der Waals surface area contributed by atoms with Crippen LogP contribution in [0.2, 0.25) is 0 Å². The molecule has 0 aliphatic rings. The molecule has 1 atom stereocenters. The highest BCUT2D eigenvalue weighted by atomic mass is 19.4. The molecule has 0 fully saturated rings. The van der Waals surface area contributed by atoms with Crippen LogP contribution in [0.4, 0.5) is 13.2 Å². The van der Waals surface area contributed by atoms with Gasteiger partial charge in [0, 0.05) is 6.08 Å². The van der Waals surface area contributed by atoms with E-state index in [2.05, 4.69) is 85.8 Å². The lowest BCUT2D eigenvalue weighted by Crippen LogP contribution is -2.31. The Bertz CT molecular complexity index is 1020. The fraction of sp³-hybridized carbons (Fsp3) is 0.238. The van der Waals surface area contributed by atoms with Crippen LogP contribution in [0, 0.1) is 5.92 Å². The molecule has 0 unspecified atom stereocenters. The molecule has 26 heavy (non-hydrogen) atoms. The van der Waals surface area contributed by atoms with Crippen LogP contribution < -0.4 is 0 Å². The minimum absolute atomic E-state index is 0.381. The highest BCUT2D eigenvalue weighted by molar-refractivity contribution is 5.75. The minimum Gasteiger partial charge on any atom is -0.451 e. The maximum Gasteiger partial charge on any atom is 0.490 e. The third-order valence-electron chi connectivity index (χ3n) is 2.16. The molecular formula is C21H11F3O2. The number of halogens is 3. The molecule has 0 aliphatic heterocycles. The number of alkyl halides is 3. The number of esters is 1. The van der Waals surface area contributed by atoms with E-state index in [4.69, 9.17) is 0 Å². The van der Waals surface area contributed by atoms with Crippen molar-refractivity contribution in [2.24, 2.45) is 5.92 Å². The Labute approximate surface area is 148 Å². The van der Waals surface area contributed by atoms with Gasteiger partial charge in [-0.3, -0.25) is 0 Å². The first-order valence-corrected chi connectivity index (χ1v) is 6.92. The molecule has 0 aliphatic carbocycles. The van der Waals surface area contributed by atoms with E-state index in [0.29, 0.717) is 0 Å². The van der Waals surface area contributed by atoms with Crippen molar-refractivity contribution in [3.8, 4) is 0 Å². The summed E-state index contributed by atoms with van der Waals surface area (Å²) < 4.78 is 40.9. The van der Waals surface area contributed by atoms with Gasteiger partial charge in [0.2, 0.25) is 0 Å². The van der Waals surface area contributed by atoms with Crippen LogP contribution in [0.3, 0.4) is 0 Å². The summed E-state index contributed by atoms with van der Waals surface area (Å²) in [4.78, 5) is 10.8. The van der Waals surface area contributed by atoms with E-state index in [1.165, 1.54) is 0 Å². The second kappa shape index (κ2) is 12.5. The molecule has 0 aromatic carbocycles. The predicted octanol–water partition coefficient (Wildman–Crippen LogP) is 4.32. The van der Waals surface area contributed by atoms with E-state index in [9.17, 15) is 18.0 Å². The number of carbonyl (C=O) groups is 1. The molecule has 5 heteroatoms. The molecule has 0 amide bonds. The molecule has 128 valence electrons. The SMILES string of the molecule is C=C=C=C=C=C=C=C=C=C=C=C=C=C=C[C@H](OC(=O)C(F)(F)F)C(C)C. The highest BCUT2D eigenvalue weighted by Crippen LogP contribution is 2.19. The summed E-state index contributed by atoms with van der Waals surface area (Å²) in [6.07, 6.45) is -5.02. The Kier molecular flexibility index (Phi) is 10.7. The van der Waals surface area contributed by atoms with E-state index in [-0.39, 0.29) is 5.92 Å². The van der Waals surface area contributed by atoms with Crippen LogP contribution in [0.1, 0.15) is 13.8 Å². The maximum atomic E-state index is 12.2. The molecule has 2 nitrogen and oxygen atoms in total. The molecule has 0 heterocycles. The summed E-state index contributed by atoms with van der Waals surface area (Å²) in [6, 6.07) is 0. The van der Waals surface area contributed by atoms with E-state index in [1.807, 2.05) is 0 Å². The van der Waals surface area contributed by atoms with E-state index in [1.54, 1.807) is 13.8 Å². The number of hydrogen-bond donors (Lipinski definition) is 0. The zero-order chi connectivity index (χ0) is 19.8. The van der Waals surface area contributed by atoms with Crippen molar-refractivity contribution in [2.45, 2.75) is 26.1 Å². The number of rotatable bonds is 3. The first-order chi connectivity index (χ1) is 12.3. The van der Waals surface area contributed by atoms with Crippen LogP contribution in [0.25, 0.3) is 0 Å². The molecule has 0 radical (unpaired) electrons. The average molecular weight is 352 g/mol. The molecule has 0 N–H and O–H groups in total. The first-order valence-electron chi connectivity index (χ1n) is 6.92. The van der Waals surface area contributed by atoms with Gasteiger partial charge in [0.1, 0.15) is 6.10 Å². The van der Waals surface area contributed by atoms with Gasteiger partial charge in [0.15, 0.2) is 0 Å². The standard InChI is InChI=1S/C21H11F3O2/c1-4-5-6-7-8-9-10-11-12-13-14-15-16-17-19(18(2)3)26-20(25)21(22,23)24/h17-19H,1H2,2-3H3/t19-/m0/s1. The Balaban J connectivity index is 5.57. The van der Waals surface area contributed by atoms with Crippen molar-refractivity contribution in [1.29, 1.82) is 0 Å². The van der Waals surface area contributed by atoms with Gasteiger partial charge < -0.3 is 4.74 Å². The Morgan fingerprint density at radius 3 is 1.69 bits per heavy atom. The van der Waals surface area contributed by atoms with Gasteiger partial charge in [-0.25, -0.2) is 4.79 Å². The van der Waals surface area contributed by atoms with Gasteiger partial charge in [0.05, 0.1) is 0 Å². The molecule has 0 spiro atoms. The lowest BCUT2D eigenvalue weighted by Gasteiger charge is -2.17. The van der Waals surface area contributed by atoms with Gasteiger partial charge in [0.25, 0.3) is 0 Å². The molecule has 0 aromatic rings. The highest BCUT2D eigenvalue weighted by Gasteiger charge is 2.42. The fourth-order valence-electron chi connectivity index (χ4n) is 1.04. The Morgan fingerprint density at radius 1 is 0.885 bits per heavy atom. The summed E-state index contributed by atoms with van der Waals surface area (Å²) in [6.45, 7) is 6.45. The summed E-state index contributed by atoms with van der Waals surface area (Å²) >= 11 is 0.